The van der Waals surface area contributed by atoms with Crippen LogP contribution in [-0.2, 0) is 14.3 Å². The van der Waals surface area contributed by atoms with E-state index in [1.165, 1.54) is 0 Å². The van der Waals surface area contributed by atoms with Crippen molar-refractivity contribution in [2.45, 2.75) is 32.2 Å². The van der Waals surface area contributed by atoms with E-state index in [9.17, 15) is 14.4 Å². The molecule has 2 rings (SSSR count). The second-order valence-electron chi connectivity index (χ2n) is 5.57. The molecule has 2 amide bonds. The van der Waals surface area contributed by atoms with Crippen molar-refractivity contribution in [3.8, 4) is 0 Å². The molecule has 0 spiro atoms. The lowest BCUT2D eigenvalue weighted by atomic mass is 10.1. The number of ether oxygens (including phenoxy) is 1. The van der Waals surface area contributed by atoms with Gasteiger partial charge >= 0.3 is 5.97 Å². The number of halogens is 1. The number of nitrogens with zero attached hydrogens (tertiary/aromatic N) is 1. The summed E-state index contributed by atoms with van der Waals surface area (Å²) in [7, 11) is 0. The van der Waals surface area contributed by atoms with Gasteiger partial charge in [-0.05, 0) is 44.0 Å². The van der Waals surface area contributed by atoms with Crippen LogP contribution in [0.1, 0.15) is 36.5 Å². The Morgan fingerprint density at radius 3 is 2.42 bits per heavy atom. The summed E-state index contributed by atoms with van der Waals surface area (Å²) in [6.45, 7) is 3.22. The summed E-state index contributed by atoms with van der Waals surface area (Å²) in [6, 6.07) is 5.40. The lowest BCUT2D eigenvalue weighted by Crippen LogP contribution is -2.49. The number of amides is 2. The molecule has 1 aliphatic rings. The molecule has 0 bridgehead atoms. The van der Waals surface area contributed by atoms with Gasteiger partial charge in [-0.25, -0.2) is 0 Å². The summed E-state index contributed by atoms with van der Waals surface area (Å²) >= 11 is 5.81. The lowest BCUT2D eigenvalue weighted by molar-refractivity contribution is -0.146. The number of hydrogen-bond acceptors (Lipinski definition) is 4. The van der Waals surface area contributed by atoms with Crippen molar-refractivity contribution in [1.29, 1.82) is 0 Å². The van der Waals surface area contributed by atoms with E-state index in [0.29, 0.717) is 23.7 Å². The molecule has 1 aromatic carbocycles. The van der Waals surface area contributed by atoms with Crippen molar-refractivity contribution in [2.75, 3.05) is 19.7 Å². The summed E-state index contributed by atoms with van der Waals surface area (Å²) in [5.74, 6) is -1.18. The van der Waals surface area contributed by atoms with Crippen LogP contribution in [0.15, 0.2) is 24.3 Å². The Balaban J connectivity index is 2.08. The molecule has 0 aromatic heterocycles. The largest absolute Gasteiger partial charge is 0.466 e. The first-order valence-corrected chi connectivity index (χ1v) is 8.40. The van der Waals surface area contributed by atoms with Gasteiger partial charge in [-0.1, -0.05) is 11.6 Å². The molecule has 1 aromatic rings. The van der Waals surface area contributed by atoms with Gasteiger partial charge < -0.3 is 15.0 Å². The number of nitrogens with one attached hydrogen (secondary N) is 1. The van der Waals surface area contributed by atoms with Gasteiger partial charge in [-0.15, -0.1) is 0 Å². The maximum Gasteiger partial charge on any atom is 0.308 e. The molecule has 130 valence electrons. The van der Waals surface area contributed by atoms with Gasteiger partial charge in [0, 0.05) is 23.7 Å². The summed E-state index contributed by atoms with van der Waals surface area (Å²) in [5, 5.41) is 3.16. The maximum atomic E-state index is 12.6. The van der Waals surface area contributed by atoms with Crippen molar-refractivity contribution in [1.82, 2.24) is 10.2 Å². The SMILES string of the molecule is CCOC(=O)C[C@H](NC(=O)c1ccc(Cl)cc1)C(=O)N1CCCC1. The van der Waals surface area contributed by atoms with Crippen molar-refractivity contribution >= 4 is 29.4 Å². The Labute approximate surface area is 146 Å². The molecule has 1 heterocycles. The van der Waals surface area contributed by atoms with E-state index >= 15 is 0 Å². The average molecular weight is 353 g/mol. The van der Waals surface area contributed by atoms with Crippen LogP contribution in [-0.4, -0.2) is 48.4 Å². The molecule has 24 heavy (non-hydrogen) atoms. The monoisotopic (exact) mass is 352 g/mol. The van der Waals surface area contributed by atoms with E-state index in [-0.39, 0.29) is 18.9 Å². The smallest absolute Gasteiger partial charge is 0.308 e. The van der Waals surface area contributed by atoms with Crippen LogP contribution in [0.25, 0.3) is 0 Å². The van der Waals surface area contributed by atoms with Crippen LogP contribution in [0.2, 0.25) is 5.02 Å². The summed E-state index contributed by atoms with van der Waals surface area (Å²) < 4.78 is 4.91. The molecule has 1 N–H and O–H groups in total. The fourth-order valence-corrected chi connectivity index (χ4v) is 2.71. The molecule has 1 aliphatic heterocycles. The van der Waals surface area contributed by atoms with E-state index in [1.54, 1.807) is 36.1 Å². The predicted molar refractivity (Wildman–Crippen MR) is 89.8 cm³/mol. The minimum absolute atomic E-state index is 0.178. The van der Waals surface area contributed by atoms with Crippen LogP contribution in [0.3, 0.4) is 0 Å². The third-order valence-corrected chi connectivity index (χ3v) is 4.06. The van der Waals surface area contributed by atoms with Gasteiger partial charge in [0.2, 0.25) is 5.91 Å². The van der Waals surface area contributed by atoms with Crippen molar-refractivity contribution in [3.05, 3.63) is 34.9 Å². The number of hydrogen-bond donors (Lipinski definition) is 1. The molecule has 1 fully saturated rings. The Morgan fingerprint density at radius 1 is 1.21 bits per heavy atom. The molecular weight excluding hydrogens is 332 g/mol. The van der Waals surface area contributed by atoms with Crippen LogP contribution in [0.4, 0.5) is 0 Å². The fraction of sp³-hybridized carbons (Fsp3) is 0.471. The van der Waals surface area contributed by atoms with Gasteiger partial charge in [0.15, 0.2) is 0 Å². The van der Waals surface area contributed by atoms with Crippen molar-refractivity contribution in [3.63, 3.8) is 0 Å². The molecule has 1 saturated heterocycles. The van der Waals surface area contributed by atoms with Crippen molar-refractivity contribution < 1.29 is 19.1 Å². The molecular formula is C17H21ClN2O4. The number of carbonyl (C=O) groups excluding carboxylic acids is 3. The highest BCUT2D eigenvalue weighted by atomic mass is 35.5. The number of rotatable bonds is 6. The summed E-state index contributed by atoms with van der Waals surface area (Å²) in [6.07, 6.45) is 1.69. The summed E-state index contributed by atoms with van der Waals surface area (Å²) in [5.41, 5.74) is 0.377. The Kier molecular flexibility index (Phi) is 6.61. The highest BCUT2D eigenvalue weighted by Crippen LogP contribution is 2.13. The van der Waals surface area contributed by atoms with E-state index in [1.807, 2.05) is 0 Å². The zero-order valence-electron chi connectivity index (χ0n) is 13.6. The Hall–Kier alpha value is -2.08. The fourth-order valence-electron chi connectivity index (χ4n) is 2.59. The third-order valence-electron chi connectivity index (χ3n) is 3.80. The zero-order valence-corrected chi connectivity index (χ0v) is 14.3. The average Bonchev–Trinajstić information content (AvgIpc) is 3.08. The molecule has 0 unspecified atom stereocenters. The summed E-state index contributed by atoms with van der Waals surface area (Å²) in [4.78, 5) is 38.4. The second kappa shape index (κ2) is 8.68. The van der Waals surface area contributed by atoms with E-state index < -0.39 is 17.9 Å². The Morgan fingerprint density at radius 2 is 1.83 bits per heavy atom. The molecule has 7 heteroatoms. The minimum atomic E-state index is -0.926. The number of likely N-dealkylation sites (tertiary alicyclic amines) is 1. The standard InChI is InChI=1S/C17H21ClN2O4/c1-2-24-15(21)11-14(17(23)20-9-3-4-10-20)19-16(22)12-5-7-13(18)8-6-12/h5-8,14H,2-4,9-11H2,1H3,(H,19,22)/t14-/m0/s1. The quantitative estimate of drug-likeness (QED) is 0.795. The molecule has 0 radical (unpaired) electrons. The first-order chi connectivity index (χ1) is 11.5. The molecule has 0 saturated carbocycles. The number of esters is 1. The van der Waals surface area contributed by atoms with Crippen molar-refractivity contribution in [2.24, 2.45) is 0 Å². The maximum absolute atomic E-state index is 12.6. The predicted octanol–water partition coefficient (Wildman–Crippen LogP) is 2.01. The van der Waals surface area contributed by atoms with E-state index in [2.05, 4.69) is 5.32 Å². The van der Waals surface area contributed by atoms with Gasteiger partial charge in [-0.3, -0.25) is 14.4 Å². The normalized spacial score (nSPS) is 15.0. The third kappa shape index (κ3) is 4.96. The van der Waals surface area contributed by atoms with Gasteiger partial charge in [0.1, 0.15) is 6.04 Å². The van der Waals surface area contributed by atoms with Crippen LogP contribution >= 0.6 is 11.6 Å². The highest BCUT2D eigenvalue weighted by molar-refractivity contribution is 6.30. The lowest BCUT2D eigenvalue weighted by Gasteiger charge is -2.23. The number of carbonyl (C=O) groups is 3. The van der Waals surface area contributed by atoms with Crippen LogP contribution < -0.4 is 5.32 Å². The van der Waals surface area contributed by atoms with Gasteiger partial charge in [-0.2, -0.15) is 0 Å². The topological polar surface area (TPSA) is 75.7 Å². The van der Waals surface area contributed by atoms with E-state index in [0.717, 1.165) is 12.8 Å². The first kappa shape index (κ1) is 18.3. The Bertz CT molecular complexity index is 597. The van der Waals surface area contributed by atoms with Gasteiger partial charge in [0.05, 0.1) is 13.0 Å². The molecule has 1 atom stereocenters. The second-order valence-corrected chi connectivity index (χ2v) is 6.01. The first-order valence-electron chi connectivity index (χ1n) is 8.02. The van der Waals surface area contributed by atoms with Crippen LogP contribution in [0, 0.1) is 0 Å². The molecule has 0 aliphatic carbocycles. The zero-order chi connectivity index (χ0) is 17.5. The van der Waals surface area contributed by atoms with Crippen LogP contribution in [0.5, 0.6) is 0 Å². The van der Waals surface area contributed by atoms with Gasteiger partial charge in [0.25, 0.3) is 5.91 Å². The molecule has 6 nitrogen and oxygen atoms in total. The minimum Gasteiger partial charge on any atom is -0.466 e. The van der Waals surface area contributed by atoms with E-state index in [4.69, 9.17) is 16.3 Å². The number of benzene rings is 1. The highest BCUT2D eigenvalue weighted by Gasteiger charge is 2.30.